The number of hydrogen-bond acceptors (Lipinski definition) is 4. The average Bonchev–Trinajstić information content (AvgIpc) is 2.46. The van der Waals surface area contributed by atoms with Crippen molar-refractivity contribution in [3.05, 3.63) is 54.1 Å². The number of anilines is 2. The lowest BCUT2D eigenvalue weighted by Gasteiger charge is -2.08. The highest BCUT2D eigenvalue weighted by atomic mass is 32.2. The third-order valence-corrected chi connectivity index (χ3v) is 4.11. The minimum Gasteiger partial charge on any atom is -0.322 e. The van der Waals surface area contributed by atoms with Crippen LogP contribution in [0.15, 0.2) is 53.4 Å². The Morgan fingerprint density at radius 3 is 2.32 bits per heavy atom. The highest BCUT2D eigenvalue weighted by Gasteiger charge is 2.07. The first-order chi connectivity index (χ1) is 10.4. The number of thioether (sulfide) groups is 1. The molecule has 0 saturated carbocycles. The van der Waals surface area contributed by atoms with Crippen LogP contribution in [0.3, 0.4) is 0 Å². The molecule has 0 bridgehead atoms. The molecule has 1 amide bonds. The summed E-state index contributed by atoms with van der Waals surface area (Å²) in [6.07, 6.45) is 3.04. The standard InChI is InChI=1S/C15H16N2O3S2/c1-21-14-5-3-4-13(10-14)16-15(18)11-6-8-12(9-7-11)17-22(2,19)20/h3-10,17H,1-2H3,(H,16,18). The molecule has 0 fully saturated rings. The van der Waals surface area contributed by atoms with Gasteiger partial charge in [0.1, 0.15) is 0 Å². The second kappa shape index (κ2) is 6.85. The van der Waals surface area contributed by atoms with Crippen molar-refractivity contribution in [2.75, 3.05) is 22.6 Å². The molecular formula is C15H16N2O3S2. The van der Waals surface area contributed by atoms with E-state index < -0.39 is 10.0 Å². The van der Waals surface area contributed by atoms with Gasteiger partial charge in [-0.05, 0) is 48.7 Å². The number of carbonyl (C=O) groups is 1. The second-order valence-corrected chi connectivity index (χ2v) is 7.27. The highest BCUT2D eigenvalue weighted by Crippen LogP contribution is 2.20. The molecule has 0 aromatic heterocycles. The fraction of sp³-hybridized carbons (Fsp3) is 0.133. The van der Waals surface area contributed by atoms with Crippen LogP contribution in [-0.4, -0.2) is 26.8 Å². The second-order valence-electron chi connectivity index (χ2n) is 4.64. The largest absolute Gasteiger partial charge is 0.322 e. The smallest absolute Gasteiger partial charge is 0.255 e. The van der Waals surface area contributed by atoms with Crippen molar-refractivity contribution in [2.45, 2.75) is 4.90 Å². The van der Waals surface area contributed by atoms with Crippen LogP contribution in [0, 0.1) is 0 Å². The Morgan fingerprint density at radius 2 is 1.73 bits per heavy atom. The summed E-state index contributed by atoms with van der Waals surface area (Å²) in [6, 6.07) is 13.8. The van der Waals surface area contributed by atoms with Crippen molar-refractivity contribution in [1.29, 1.82) is 0 Å². The summed E-state index contributed by atoms with van der Waals surface area (Å²) >= 11 is 1.60. The summed E-state index contributed by atoms with van der Waals surface area (Å²) in [5.41, 5.74) is 1.59. The molecule has 0 unspecified atom stereocenters. The van der Waals surface area contributed by atoms with Crippen molar-refractivity contribution >= 4 is 39.1 Å². The molecule has 2 rings (SSSR count). The van der Waals surface area contributed by atoms with Crippen molar-refractivity contribution in [3.8, 4) is 0 Å². The predicted molar refractivity (Wildman–Crippen MR) is 91.1 cm³/mol. The lowest BCUT2D eigenvalue weighted by Crippen LogP contribution is -2.13. The number of benzene rings is 2. The van der Waals surface area contributed by atoms with Gasteiger partial charge in [0.25, 0.3) is 5.91 Å². The first kappa shape index (κ1) is 16.4. The van der Waals surface area contributed by atoms with Gasteiger partial charge in [-0.15, -0.1) is 11.8 Å². The zero-order valence-electron chi connectivity index (χ0n) is 12.2. The fourth-order valence-corrected chi connectivity index (χ4v) is 2.83. The molecule has 22 heavy (non-hydrogen) atoms. The molecule has 0 heterocycles. The third kappa shape index (κ3) is 4.78. The molecule has 0 radical (unpaired) electrons. The lowest BCUT2D eigenvalue weighted by molar-refractivity contribution is 0.102. The van der Waals surface area contributed by atoms with Crippen LogP contribution in [0.1, 0.15) is 10.4 Å². The summed E-state index contributed by atoms with van der Waals surface area (Å²) in [5.74, 6) is -0.246. The molecule has 0 saturated heterocycles. The van der Waals surface area contributed by atoms with E-state index in [4.69, 9.17) is 0 Å². The van der Waals surface area contributed by atoms with Gasteiger partial charge in [-0.2, -0.15) is 0 Å². The van der Waals surface area contributed by atoms with E-state index >= 15 is 0 Å². The number of nitrogens with one attached hydrogen (secondary N) is 2. The number of sulfonamides is 1. The Labute approximate surface area is 134 Å². The van der Waals surface area contributed by atoms with E-state index in [1.165, 1.54) is 0 Å². The normalized spacial score (nSPS) is 11.0. The van der Waals surface area contributed by atoms with Gasteiger partial charge in [-0.1, -0.05) is 6.07 Å². The van der Waals surface area contributed by atoms with Gasteiger partial charge in [0, 0.05) is 21.8 Å². The van der Waals surface area contributed by atoms with E-state index in [1.54, 1.807) is 36.0 Å². The summed E-state index contributed by atoms with van der Waals surface area (Å²) < 4.78 is 24.6. The Balaban J connectivity index is 2.09. The van der Waals surface area contributed by atoms with Crippen molar-refractivity contribution in [1.82, 2.24) is 0 Å². The topological polar surface area (TPSA) is 75.3 Å². The van der Waals surface area contributed by atoms with Gasteiger partial charge in [-0.3, -0.25) is 9.52 Å². The maximum absolute atomic E-state index is 12.2. The molecule has 0 aliphatic carbocycles. The van der Waals surface area contributed by atoms with Crippen molar-refractivity contribution in [2.24, 2.45) is 0 Å². The number of hydrogen-bond donors (Lipinski definition) is 2. The SMILES string of the molecule is CSc1cccc(NC(=O)c2ccc(NS(C)(=O)=O)cc2)c1. The maximum atomic E-state index is 12.2. The third-order valence-electron chi connectivity index (χ3n) is 2.78. The van der Waals surface area contributed by atoms with Gasteiger partial charge in [0.15, 0.2) is 0 Å². The van der Waals surface area contributed by atoms with Crippen LogP contribution >= 0.6 is 11.8 Å². The first-order valence-corrected chi connectivity index (χ1v) is 9.52. The highest BCUT2D eigenvalue weighted by molar-refractivity contribution is 7.98. The number of rotatable bonds is 5. The monoisotopic (exact) mass is 336 g/mol. The first-order valence-electron chi connectivity index (χ1n) is 6.40. The Hall–Kier alpha value is -1.99. The van der Waals surface area contributed by atoms with Crippen LogP contribution in [0.25, 0.3) is 0 Å². The quantitative estimate of drug-likeness (QED) is 0.823. The zero-order valence-corrected chi connectivity index (χ0v) is 13.8. The Morgan fingerprint density at radius 1 is 1.05 bits per heavy atom. The molecule has 7 heteroatoms. The molecule has 5 nitrogen and oxygen atoms in total. The predicted octanol–water partition coefficient (Wildman–Crippen LogP) is 3.03. The molecule has 2 aromatic carbocycles. The summed E-state index contributed by atoms with van der Waals surface area (Å²) in [7, 11) is -3.32. The van der Waals surface area contributed by atoms with Crippen LogP contribution in [0.5, 0.6) is 0 Å². The molecule has 0 aliphatic rings. The summed E-state index contributed by atoms with van der Waals surface area (Å²) in [6.45, 7) is 0. The van der Waals surface area contributed by atoms with E-state index in [9.17, 15) is 13.2 Å². The van der Waals surface area contributed by atoms with Gasteiger partial charge >= 0.3 is 0 Å². The maximum Gasteiger partial charge on any atom is 0.255 e. The van der Waals surface area contributed by atoms with Gasteiger partial charge < -0.3 is 5.32 Å². The van der Waals surface area contributed by atoms with Crippen LogP contribution in [0.4, 0.5) is 11.4 Å². The van der Waals surface area contributed by atoms with E-state index in [1.807, 2.05) is 30.5 Å². The molecule has 116 valence electrons. The van der Waals surface area contributed by atoms with E-state index in [0.29, 0.717) is 11.3 Å². The lowest BCUT2D eigenvalue weighted by atomic mass is 10.2. The van der Waals surface area contributed by atoms with Gasteiger partial charge in [0.05, 0.1) is 6.26 Å². The van der Waals surface area contributed by atoms with Crippen molar-refractivity contribution < 1.29 is 13.2 Å². The van der Waals surface area contributed by atoms with E-state index in [-0.39, 0.29) is 5.91 Å². The van der Waals surface area contributed by atoms with Crippen LogP contribution in [0.2, 0.25) is 0 Å². The number of amides is 1. The van der Waals surface area contributed by atoms with Crippen LogP contribution < -0.4 is 10.0 Å². The van der Waals surface area contributed by atoms with Gasteiger partial charge in [0.2, 0.25) is 10.0 Å². The van der Waals surface area contributed by atoms with Crippen molar-refractivity contribution in [3.63, 3.8) is 0 Å². The summed E-state index contributed by atoms with van der Waals surface area (Å²) in [4.78, 5) is 13.2. The fourth-order valence-electron chi connectivity index (χ4n) is 1.81. The van der Waals surface area contributed by atoms with Gasteiger partial charge in [-0.25, -0.2) is 8.42 Å². The summed E-state index contributed by atoms with van der Waals surface area (Å²) in [5, 5.41) is 2.81. The molecule has 0 atom stereocenters. The van der Waals surface area contributed by atoms with E-state index in [2.05, 4.69) is 10.0 Å². The Kier molecular flexibility index (Phi) is 5.10. The van der Waals surface area contributed by atoms with E-state index in [0.717, 1.165) is 16.8 Å². The number of carbonyl (C=O) groups excluding carboxylic acids is 1. The molecule has 0 aliphatic heterocycles. The minimum atomic E-state index is -3.32. The minimum absolute atomic E-state index is 0.246. The molecule has 2 aromatic rings. The Bertz CT molecular complexity index is 772. The molecule has 2 N–H and O–H groups in total. The van der Waals surface area contributed by atoms with Crippen LogP contribution in [-0.2, 0) is 10.0 Å². The molecule has 0 spiro atoms. The average molecular weight is 336 g/mol. The molecular weight excluding hydrogens is 320 g/mol. The zero-order chi connectivity index (χ0) is 16.2.